The van der Waals surface area contributed by atoms with Crippen molar-refractivity contribution in [2.45, 2.75) is 90.7 Å². The second-order valence-corrected chi connectivity index (χ2v) is 11.2. The summed E-state index contributed by atoms with van der Waals surface area (Å²) in [6.45, 7) is 12.0. The molecule has 38 heavy (non-hydrogen) atoms. The van der Waals surface area contributed by atoms with Gasteiger partial charge in [-0.05, 0) is 59.9 Å². The van der Waals surface area contributed by atoms with E-state index < -0.39 is 23.4 Å². The average Bonchev–Trinajstić information content (AvgIpc) is 3.46. The highest BCUT2D eigenvalue weighted by molar-refractivity contribution is 5.94. The maximum atomic E-state index is 11.5. The number of aliphatic hydroxyl groups is 1. The van der Waals surface area contributed by atoms with E-state index >= 15 is 0 Å². The van der Waals surface area contributed by atoms with Gasteiger partial charge in [0.2, 0.25) is 0 Å². The zero-order valence-electron chi connectivity index (χ0n) is 23.5. The number of carbonyl (C=O) groups is 3. The number of ether oxygens (including phenoxy) is 2. The van der Waals surface area contributed by atoms with Gasteiger partial charge in [0.25, 0.3) is 0 Å². The molecule has 1 aromatic rings. The SMILES string of the molecule is CN(C(=O)OC(C)(C)C)C(=O)OC(C)(C)C.O=C1NC2CC[C@@H](C3=NOCC3)N1C2.OCc1ccccc1. The molecule has 0 radical (unpaired) electrons. The molecule has 1 aromatic carbocycles. The number of benzene rings is 1. The molecule has 0 aromatic heterocycles. The molecule has 2 bridgehead atoms. The van der Waals surface area contributed by atoms with E-state index in [0.29, 0.717) is 12.6 Å². The summed E-state index contributed by atoms with van der Waals surface area (Å²) in [7, 11) is 1.32. The van der Waals surface area contributed by atoms with Crippen molar-refractivity contribution in [3.8, 4) is 0 Å². The summed E-state index contributed by atoms with van der Waals surface area (Å²) in [5, 5.41) is 15.5. The molecule has 0 spiro atoms. The molecule has 0 saturated carbocycles. The number of rotatable bonds is 2. The molecule has 0 aliphatic carbocycles. The van der Waals surface area contributed by atoms with Crippen molar-refractivity contribution in [1.29, 1.82) is 0 Å². The van der Waals surface area contributed by atoms with E-state index in [9.17, 15) is 14.4 Å². The van der Waals surface area contributed by atoms with Crippen molar-refractivity contribution < 1.29 is 33.8 Å². The largest absolute Gasteiger partial charge is 0.443 e. The molecule has 3 heterocycles. The van der Waals surface area contributed by atoms with Gasteiger partial charge < -0.3 is 29.6 Å². The molecule has 2 N–H and O–H groups in total. The number of nitrogens with one attached hydrogen (secondary N) is 1. The van der Waals surface area contributed by atoms with Crippen molar-refractivity contribution in [2.75, 3.05) is 20.2 Å². The van der Waals surface area contributed by atoms with Gasteiger partial charge >= 0.3 is 18.2 Å². The number of amides is 4. The lowest BCUT2D eigenvalue weighted by molar-refractivity contribution is 0.00661. The number of oxime groups is 1. The molecule has 4 rings (SSSR count). The molecule has 4 amide bonds. The van der Waals surface area contributed by atoms with E-state index in [1.807, 2.05) is 35.2 Å². The molecule has 3 aliphatic rings. The van der Waals surface area contributed by atoms with E-state index in [4.69, 9.17) is 19.4 Å². The Morgan fingerprint density at radius 2 is 1.66 bits per heavy atom. The number of piperidine rings is 1. The summed E-state index contributed by atoms with van der Waals surface area (Å²) < 4.78 is 10.0. The van der Waals surface area contributed by atoms with Gasteiger partial charge in [-0.15, -0.1) is 0 Å². The van der Waals surface area contributed by atoms with Crippen LogP contribution in [0.3, 0.4) is 0 Å². The third-order valence-electron chi connectivity index (χ3n) is 5.55. The molecule has 212 valence electrons. The highest BCUT2D eigenvalue weighted by Gasteiger charge is 2.41. The van der Waals surface area contributed by atoms with Crippen LogP contribution in [0, 0.1) is 0 Å². The van der Waals surface area contributed by atoms with Gasteiger partial charge in [0.1, 0.15) is 17.8 Å². The molecule has 2 fully saturated rings. The topological polar surface area (TPSA) is 130 Å². The van der Waals surface area contributed by atoms with Crippen LogP contribution in [-0.4, -0.2) is 82.3 Å². The third kappa shape index (κ3) is 10.2. The molecular weight excluding hydrogens is 492 g/mol. The van der Waals surface area contributed by atoms with Gasteiger partial charge in [-0.3, -0.25) is 0 Å². The Morgan fingerprint density at radius 1 is 1.08 bits per heavy atom. The summed E-state index contributed by atoms with van der Waals surface area (Å²) in [5.41, 5.74) is 0.744. The summed E-state index contributed by atoms with van der Waals surface area (Å²) in [5.74, 6) is 0. The third-order valence-corrected chi connectivity index (χ3v) is 5.55. The van der Waals surface area contributed by atoms with Crippen LogP contribution in [0.5, 0.6) is 0 Å². The van der Waals surface area contributed by atoms with Crippen LogP contribution < -0.4 is 5.32 Å². The van der Waals surface area contributed by atoms with E-state index in [2.05, 4.69) is 10.5 Å². The van der Waals surface area contributed by atoms with Crippen LogP contribution in [0.4, 0.5) is 14.4 Å². The van der Waals surface area contributed by atoms with Gasteiger partial charge in [-0.1, -0.05) is 35.5 Å². The number of imide groups is 1. The number of nitrogens with zero attached hydrogens (tertiary/aromatic N) is 3. The minimum atomic E-state index is -0.721. The monoisotopic (exact) mass is 534 g/mol. The van der Waals surface area contributed by atoms with Crippen molar-refractivity contribution in [3.05, 3.63) is 35.9 Å². The zero-order valence-corrected chi connectivity index (χ0v) is 23.5. The van der Waals surface area contributed by atoms with Crippen molar-refractivity contribution in [1.82, 2.24) is 15.1 Å². The summed E-state index contributed by atoms with van der Waals surface area (Å²) >= 11 is 0. The Kier molecular flexibility index (Phi) is 10.9. The first-order chi connectivity index (χ1) is 17.7. The lowest BCUT2D eigenvalue weighted by Crippen LogP contribution is -2.44. The van der Waals surface area contributed by atoms with Crippen molar-refractivity contribution in [2.24, 2.45) is 5.16 Å². The first kappa shape index (κ1) is 30.9. The van der Waals surface area contributed by atoms with Crippen molar-refractivity contribution in [3.63, 3.8) is 0 Å². The van der Waals surface area contributed by atoms with Crippen molar-refractivity contribution >= 4 is 23.9 Å². The summed E-state index contributed by atoms with van der Waals surface area (Å²) in [4.78, 5) is 42.2. The first-order valence-corrected chi connectivity index (χ1v) is 12.8. The van der Waals surface area contributed by atoms with Gasteiger partial charge in [0, 0.05) is 26.1 Å². The minimum absolute atomic E-state index is 0.0621. The smallest absolute Gasteiger partial charge is 0.419 e. The maximum absolute atomic E-state index is 11.5. The number of hydrogen-bond donors (Lipinski definition) is 2. The Bertz CT molecular complexity index is 942. The fourth-order valence-electron chi connectivity index (χ4n) is 3.79. The lowest BCUT2D eigenvalue weighted by Gasteiger charge is -2.29. The van der Waals surface area contributed by atoms with Gasteiger partial charge in [-0.25, -0.2) is 19.3 Å². The Labute approximate surface area is 225 Å². The normalized spacial score (nSPS) is 19.9. The number of hydrogen-bond acceptors (Lipinski definition) is 8. The van der Waals surface area contributed by atoms with E-state index in [-0.39, 0.29) is 18.7 Å². The van der Waals surface area contributed by atoms with E-state index in [0.717, 1.165) is 42.0 Å². The van der Waals surface area contributed by atoms with Crippen LogP contribution >= 0.6 is 0 Å². The quantitative estimate of drug-likeness (QED) is 0.579. The Morgan fingerprint density at radius 3 is 2.11 bits per heavy atom. The van der Waals surface area contributed by atoms with Crippen LogP contribution in [0.25, 0.3) is 0 Å². The van der Waals surface area contributed by atoms with Crippen LogP contribution in [-0.2, 0) is 20.9 Å². The zero-order chi connectivity index (χ0) is 28.5. The van der Waals surface area contributed by atoms with Gasteiger partial charge in [0.05, 0.1) is 18.4 Å². The fraction of sp³-hybridized carbons (Fsp3) is 0.630. The molecule has 11 heteroatoms. The standard InChI is InChI=1S/C11H21NO4.C9H13N3O2.C7H8O/c1-10(2,3)15-8(13)12(7)9(14)16-11(4,5)6;13-9-10-6-1-2-8(12(9)5-6)7-3-4-14-11-7;8-6-7-4-2-1-3-5-7/h1-7H3;6,8H,1-5H2,(H,10,13);1-5,8H,6H2/t;6?,8-;/m.0./s1. The first-order valence-electron chi connectivity index (χ1n) is 12.8. The molecule has 3 aliphatic heterocycles. The van der Waals surface area contributed by atoms with Gasteiger partial charge in [-0.2, -0.15) is 0 Å². The predicted octanol–water partition coefficient (Wildman–Crippen LogP) is 4.29. The minimum Gasteiger partial charge on any atom is -0.443 e. The van der Waals surface area contributed by atoms with E-state index in [1.165, 1.54) is 7.05 Å². The van der Waals surface area contributed by atoms with E-state index in [1.54, 1.807) is 41.5 Å². The Hall–Kier alpha value is -3.34. The summed E-state index contributed by atoms with van der Waals surface area (Å²) in [6.07, 6.45) is 1.51. The number of carbonyl (C=O) groups excluding carboxylic acids is 3. The summed E-state index contributed by atoms with van der Waals surface area (Å²) in [6, 6.07) is 10.1. The second-order valence-electron chi connectivity index (χ2n) is 11.2. The van der Waals surface area contributed by atoms with Gasteiger partial charge in [0.15, 0.2) is 0 Å². The average molecular weight is 535 g/mol. The van der Waals surface area contributed by atoms with Crippen LogP contribution in [0.2, 0.25) is 0 Å². The number of aliphatic hydroxyl groups excluding tert-OH is 1. The number of fused-ring (bicyclic) bond motifs is 2. The maximum Gasteiger partial charge on any atom is 0.419 e. The molecule has 2 saturated heterocycles. The molecule has 2 atom stereocenters. The Balaban J connectivity index is 0.000000210. The molecule has 1 unspecified atom stereocenters. The highest BCUT2D eigenvalue weighted by atomic mass is 16.6. The molecule has 11 nitrogen and oxygen atoms in total. The van der Waals surface area contributed by atoms with Crippen LogP contribution in [0.1, 0.15) is 66.4 Å². The predicted molar refractivity (Wildman–Crippen MR) is 143 cm³/mol. The number of urea groups is 1. The highest BCUT2D eigenvalue weighted by Crippen LogP contribution is 2.26. The second kappa shape index (κ2) is 13.5. The van der Waals surface area contributed by atoms with Crippen LogP contribution in [0.15, 0.2) is 35.5 Å². The lowest BCUT2D eigenvalue weighted by atomic mass is 9.96. The molecular formula is C27H42N4O7. The fourth-order valence-corrected chi connectivity index (χ4v) is 3.79.